The van der Waals surface area contributed by atoms with Gasteiger partial charge in [-0.3, -0.25) is 4.79 Å². The lowest BCUT2D eigenvalue weighted by molar-refractivity contribution is 0.0737. The SMILES string of the molecule is CN(C)CCCN(Cc1ccc(Cl)c(Cl)c1)C(=O)c1ccc(S(=O)(=O)N2CCCC2)cc1. The smallest absolute Gasteiger partial charge is 0.254 e. The third-order valence-electron chi connectivity index (χ3n) is 5.48. The molecule has 0 radical (unpaired) electrons. The molecule has 1 heterocycles. The Hall–Kier alpha value is -1.64. The highest BCUT2D eigenvalue weighted by Crippen LogP contribution is 2.24. The zero-order valence-electron chi connectivity index (χ0n) is 18.4. The van der Waals surface area contributed by atoms with Crippen molar-refractivity contribution in [2.45, 2.75) is 30.7 Å². The van der Waals surface area contributed by atoms with E-state index in [9.17, 15) is 13.2 Å². The van der Waals surface area contributed by atoms with Gasteiger partial charge in [-0.25, -0.2) is 8.42 Å². The molecule has 1 aliphatic heterocycles. The van der Waals surface area contributed by atoms with E-state index in [1.807, 2.05) is 20.2 Å². The van der Waals surface area contributed by atoms with Crippen LogP contribution in [-0.4, -0.2) is 68.7 Å². The summed E-state index contributed by atoms with van der Waals surface area (Å²) in [6, 6.07) is 11.6. The number of nitrogens with zero attached hydrogens (tertiary/aromatic N) is 3. The minimum absolute atomic E-state index is 0.153. The molecule has 174 valence electrons. The van der Waals surface area contributed by atoms with Crippen LogP contribution in [0.2, 0.25) is 10.0 Å². The molecule has 0 aliphatic carbocycles. The lowest BCUT2D eigenvalue weighted by Gasteiger charge is -2.24. The average molecular weight is 498 g/mol. The molecule has 2 aromatic carbocycles. The standard InChI is InChI=1S/C23H29Cl2N3O3S/c1-26(2)12-5-13-27(17-18-6-11-21(24)22(25)16-18)23(29)19-7-9-20(10-8-19)32(30,31)28-14-3-4-15-28/h6-11,16H,3-5,12-15,17H2,1-2H3. The van der Waals surface area contributed by atoms with Crippen molar-refractivity contribution in [1.82, 2.24) is 14.1 Å². The van der Waals surface area contributed by atoms with Crippen LogP contribution < -0.4 is 0 Å². The minimum Gasteiger partial charge on any atom is -0.334 e. The Bertz CT molecular complexity index is 1040. The number of hydrogen-bond acceptors (Lipinski definition) is 4. The quantitative estimate of drug-likeness (QED) is 0.515. The molecule has 0 atom stereocenters. The second-order valence-electron chi connectivity index (χ2n) is 8.27. The highest BCUT2D eigenvalue weighted by atomic mass is 35.5. The second kappa shape index (κ2) is 11.0. The maximum absolute atomic E-state index is 13.3. The highest BCUT2D eigenvalue weighted by Gasteiger charge is 2.27. The van der Waals surface area contributed by atoms with Crippen LogP contribution in [0.3, 0.4) is 0 Å². The molecule has 1 amide bonds. The van der Waals surface area contributed by atoms with Crippen molar-refractivity contribution >= 4 is 39.1 Å². The van der Waals surface area contributed by atoms with Crippen LogP contribution in [0.5, 0.6) is 0 Å². The number of rotatable bonds is 9. The molecular weight excluding hydrogens is 469 g/mol. The Kier molecular flexibility index (Phi) is 8.58. The molecule has 0 bridgehead atoms. The van der Waals surface area contributed by atoms with Gasteiger partial charge in [-0.15, -0.1) is 0 Å². The Labute approximate surface area is 200 Å². The van der Waals surface area contributed by atoms with Crippen LogP contribution in [0.4, 0.5) is 0 Å². The summed E-state index contributed by atoms with van der Waals surface area (Å²) in [7, 11) is 0.475. The van der Waals surface area contributed by atoms with Crippen molar-refractivity contribution < 1.29 is 13.2 Å². The van der Waals surface area contributed by atoms with Gasteiger partial charge < -0.3 is 9.80 Å². The molecule has 32 heavy (non-hydrogen) atoms. The summed E-state index contributed by atoms with van der Waals surface area (Å²) in [5.74, 6) is -0.153. The van der Waals surface area contributed by atoms with Gasteiger partial charge in [0.15, 0.2) is 0 Å². The van der Waals surface area contributed by atoms with Gasteiger partial charge in [0.1, 0.15) is 0 Å². The van der Waals surface area contributed by atoms with E-state index in [0.717, 1.165) is 31.4 Å². The van der Waals surface area contributed by atoms with E-state index in [1.165, 1.54) is 16.4 Å². The van der Waals surface area contributed by atoms with Crippen LogP contribution in [0, 0.1) is 0 Å². The molecular formula is C23H29Cl2N3O3S. The zero-order chi connectivity index (χ0) is 23.3. The van der Waals surface area contributed by atoms with E-state index in [-0.39, 0.29) is 10.8 Å². The van der Waals surface area contributed by atoms with Gasteiger partial charge >= 0.3 is 0 Å². The molecule has 0 spiro atoms. The summed E-state index contributed by atoms with van der Waals surface area (Å²) < 4.78 is 27.0. The predicted octanol–water partition coefficient (Wildman–Crippen LogP) is 4.37. The molecule has 3 rings (SSSR count). The fourth-order valence-electron chi connectivity index (χ4n) is 3.72. The van der Waals surface area contributed by atoms with E-state index >= 15 is 0 Å². The number of carbonyl (C=O) groups is 1. The number of sulfonamides is 1. The van der Waals surface area contributed by atoms with Crippen molar-refractivity contribution in [2.24, 2.45) is 0 Å². The molecule has 9 heteroatoms. The van der Waals surface area contributed by atoms with Gasteiger partial charge in [0.2, 0.25) is 10.0 Å². The summed E-state index contributed by atoms with van der Waals surface area (Å²) in [5.41, 5.74) is 1.33. The number of benzene rings is 2. The van der Waals surface area contributed by atoms with Crippen molar-refractivity contribution in [3.8, 4) is 0 Å². The summed E-state index contributed by atoms with van der Waals surface area (Å²) in [4.78, 5) is 17.3. The maximum atomic E-state index is 13.3. The molecule has 1 aliphatic rings. The summed E-state index contributed by atoms with van der Waals surface area (Å²) in [6.07, 6.45) is 2.57. The van der Waals surface area contributed by atoms with Crippen molar-refractivity contribution in [3.05, 3.63) is 63.6 Å². The molecule has 1 fully saturated rings. The van der Waals surface area contributed by atoms with E-state index in [2.05, 4.69) is 4.90 Å². The van der Waals surface area contributed by atoms with E-state index in [4.69, 9.17) is 23.2 Å². The summed E-state index contributed by atoms with van der Waals surface area (Å²) >= 11 is 12.2. The van der Waals surface area contributed by atoms with Gasteiger partial charge in [0.05, 0.1) is 14.9 Å². The lowest BCUT2D eigenvalue weighted by Crippen LogP contribution is -2.33. The Morgan fingerprint density at radius 1 is 0.969 bits per heavy atom. The molecule has 0 aromatic heterocycles. The molecule has 0 unspecified atom stereocenters. The van der Waals surface area contributed by atoms with E-state index < -0.39 is 10.0 Å². The Morgan fingerprint density at radius 2 is 1.62 bits per heavy atom. The number of hydrogen-bond donors (Lipinski definition) is 0. The van der Waals surface area contributed by atoms with Crippen LogP contribution in [0.1, 0.15) is 35.2 Å². The lowest BCUT2D eigenvalue weighted by atomic mass is 10.1. The van der Waals surface area contributed by atoms with Crippen LogP contribution in [0.25, 0.3) is 0 Å². The van der Waals surface area contributed by atoms with Crippen LogP contribution in [-0.2, 0) is 16.6 Å². The number of amides is 1. The van der Waals surface area contributed by atoms with E-state index in [0.29, 0.717) is 41.8 Å². The first-order valence-electron chi connectivity index (χ1n) is 10.7. The van der Waals surface area contributed by atoms with Gasteiger partial charge in [-0.05, 0) is 81.9 Å². The molecule has 0 saturated carbocycles. The third-order valence-corrected chi connectivity index (χ3v) is 8.13. The predicted molar refractivity (Wildman–Crippen MR) is 129 cm³/mol. The van der Waals surface area contributed by atoms with Gasteiger partial charge in [-0.1, -0.05) is 29.3 Å². The molecule has 1 saturated heterocycles. The van der Waals surface area contributed by atoms with Gasteiger partial charge in [0.25, 0.3) is 5.91 Å². The molecule has 6 nitrogen and oxygen atoms in total. The van der Waals surface area contributed by atoms with E-state index in [1.54, 1.807) is 29.2 Å². The number of carbonyl (C=O) groups excluding carboxylic acids is 1. The first kappa shape index (κ1) is 25.0. The van der Waals surface area contributed by atoms with Gasteiger partial charge in [-0.2, -0.15) is 4.31 Å². The Morgan fingerprint density at radius 3 is 2.22 bits per heavy atom. The van der Waals surface area contributed by atoms with Crippen LogP contribution in [0.15, 0.2) is 47.4 Å². The second-order valence-corrected chi connectivity index (χ2v) is 11.0. The monoisotopic (exact) mass is 497 g/mol. The largest absolute Gasteiger partial charge is 0.334 e. The topological polar surface area (TPSA) is 60.9 Å². The van der Waals surface area contributed by atoms with Crippen molar-refractivity contribution in [1.29, 1.82) is 0 Å². The third kappa shape index (κ3) is 6.23. The summed E-state index contributed by atoms with van der Waals surface area (Å²) in [6.45, 7) is 2.89. The van der Waals surface area contributed by atoms with Gasteiger partial charge in [0, 0.05) is 31.7 Å². The van der Waals surface area contributed by atoms with Crippen LogP contribution >= 0.6 is 23.2 Å². The maximum Gasteiger partial charge on any atom is 0.254 e. The zero-order valence-corrected chi connectivity index (χ0v) is 20.8. The number of halogens is 2. The van der Waals surface area contributed by atoms with Crippen molar-refractivity contribution in [3.63, 3.8) is 0 Å². The summed E-state index contributed by atoms with van der Waals surface area (Å²) in [5, 5.41) is 0.914. The normalized spacial score (nSPS) is 14.8. The molecule has 0 N–H and O–H groups in total. The fraction of sp³-hybridized carbons (Fsp3) is 0.435. The first-order valence-corrected chi connectivity index (χ1v) is 12.9. The van der Waals surface area contributed by atoms with Crippen molar-refractivity contribution in [2.75, 3.05) is 40.3 Å². The fourth-order valence-corrected chi connectivity index (χ4v) is 5.56. The minimum atomic E-state index is -3.51. The molecule has 2 aromatic rings. The highest BCUT2D eigenvalue weighted by molar-refractivity contribution is 7.89. The average Bonchev–Trinajstić information content (AvgIpc) is 3.31. The Balaban J connectivity index is 1.78. The first-order chi connectivity index (χ1) is 15.2.